The molecule has 0 aliphatic rings. The fourth-order valence-corrected chi connectivity index (χ4v) is 0.765. The van der Waals surface area contributed by atoms with Crippen molar-refractivity contribution < 1.29 is 4.39 Å². The topological polar surface area (TPSA) is 0 Å². The Hall–Kier alpha value is -1.21. The van der Waals surface area contributed by atoms with E-state index in [0.717, 1.165) is 6.42 Å². The average molecular weight is 178 g/mol. The molecular weight excluding hydrogens is 163 g/mol. The smallest absolute Gasteiger partial charge is 0.171 e. The molecule has 0 N–H and O–H groups in total. The molecular formula is C12H15F. The number of hydrogen-bond acceptors (Lipinski definition) is 0. The van der Waals surface area contributed by atoms with Crippen molar-refractivity contribution in [1.29, 1.82) is 0 Å². The first-order chi connectivity index (χ1) is 6.20. The van der Waals surface area contributed by atoms with Crippen LogP contribution in [0.3, 0.4) is 0 Å². The summed E-state index contributed by atoms with van der Waals surface area (Å²) in [7, 11) is 0. The van der Waals surface area contributed by atoms with Gasteiger partial charge in [0, 0.05) is 5.92 Å². The Bertz CT molecular complexity index is 247. The maximum atomic E-state index is 12.7. The van der Waals surface area contributed by atoms with Gasteiger partial charge in [0.1, 0.15) is 0 Å². The van der Waals surface area contributed by atoms with Crippen molar-refractivity contribution in [2.45, 2.75) is 32.9 Å². The lowest BCUT2D eigenvalue weighted by molar-refractivity contribution is 0.420. The average Bonchev–Trinajstić information content (AvgIpc) is 2.12. The summed E-state index contributed by atoms with van der Waals surface area (Å²) in [5.74, 6) is 7.62. The molecule has 0 saturated carbocycles. The van der Waals surface area contributed by atoms with Gasteiger partial charge in [0.25, 0.3) is 0 Å². The molecule has 0 fully saturated rings. The van der Waals surface area contributed by atoms with Crippen molar-refractivity contribution in [3.05, 3.63) is 12.2 Å². The van der Waals surface area contributed by atoms with E-state index in [2.05, 4.69) is 17.8 Å². The lowest BCUT2D eigenvalue weighted by Crippen LogP contribution is -1.94. The minimum Gasteiger partial charge on any atom is -0.232 e. The van der Waals surface area contributed by atoms with Crippen molar-refractivity contribution in [1.82, 2.24) is 0 Å². The van der Waals surface area contributed by atoms with Crippen LogP contribution in [0.5, 0.6) is 0 Å². The van der Waals surface area contributed by atoms with Crippen LogP contribution in [0.15, 0.2) is 12.2 Å². The molecule has 0 aliphatic heterocycles. The second-order valence-corrected chi connectivity index (χ2v) is 2.79. The summed E-state index contributed by atoms with van der Waals surface area (Å²) in [6.45, 7) is 3.98. The zero-order valence-electron chi connectivity index (χ0n) is 8.18. The summed E-state index contributed by atoms with van der Waals surface area (Å²) >= 11 is 0. The molecule has 1 heteroatoms. The molecule has 2 atom stereocenters. The molecule has 0 nitrogen and oxygen atoms in total. The summed E-state index contributed by atoms with van der Waals surface area (Å²) < 4.78 is 12.7. The Kier molecular flexibility index (Phi) is 6.75. The third-order valence-electron chi connectivity index (χ3n) is 1.43. The zero-order chi connectivity index (χ0) is 10.1. The maximum absolute atomic E-state index is 12.7. The predicted molar refractivity (Wildman–Crippen MR) is 54.7 cm³/mol. The van der Waals surface area contributed by atoms with Crippen LogP contribution >= 0.6 is 0 Å². The van der Waals surface area contributed by atoms with Crippen LogP contribution in [0.25, 0.3) is 0 Å². The van der Waals surface area contributed by atoms with E-state index in [1.165, 1.54) is 0 Å². The fraction of sp³-hybridized carbons (Fsp3) is 0.500. The number of rotatable bonds is 3. The third kappa shape index (κ3) is 7.16. The fourth-order valence-electron chi connectivity index (χ4n) is 0.765. The van der Waals surface area contributed by atoms with E-state index >= 15 is 0 Å². The van der Waals surface area contributed by atoms with Crippen LogP contribution in [0, 0.1) is 30.1 Å². The van der Waals surface area contributed by atoms with Gasteiger partial charge < -0.3 is 0 Å². The standard InChI is InChI=1S/C12H15F/c1-4-6-8-11(3)9-10-12(13)7-5-2/h2,6,8,11-12H,4,7H2,1,3H3/b8-6-. The molecule has 0 saturated heterocycles. The Morgan fingerprint density at radius 3 is 2.69 bits per heavy atom. The van der Waals surface area contributed by atoms with Gasteiger partial charge in [0.2, 0.25) is 0 Å². The molecule has 0 aromatic heterocycles. The Balaban J connectivity index is 3.95. The summed E-state index contributed by atoms with van der Waals surface area (Å²) in [4.78, 5) is 0. The number of allylic oxidation sites excluding steroid dienone is 2. The number of alkyl halides is 1. The lowest BCUT2D eigenvalue weighted by atomic mass is 10.1. The van der Waals surface area contributed by atoms with E-state index in [-0.39, 0.29) is 12.3 Å². The van der Waals surface area contributed by atoms with Crippen molar-refractivity contribution >= 4 is 0 Å². The Morgan fingerprint density at radius 1 is 1.46 bits per heavy atom. The van der Waals surface area contributed by atoms with Crippen molar-refractivity contribution in [3.63, 3.8) is 0 Å². The second-order valence-electron chi connectivity index (χ2n) is 2.79. The molecule has 0 rings (SSSR count). The number of terminal acetylenes is 1. The third-order valence-corrected chi connectivity index (χ3v) is 1.43. The highest BCUT2D eigenvalue weighted by atomic mass is 19.1. The van der Waals surface area contributed by atoms with Gasteiger partial charge in [0.15, 0.2) is 6.17 Å². The maximum Gasteiger partial charge on any atom is 0.171 e. The Morgan fingerprint density at radius 2 is 2.15 bits per heavy atom. The molecule has 2 unspecified atom stereocenters. The van der Waals surface area contributed by atoms with Crippen molar-refractivity contribution in [3.8, 4) is 24.2 Å². The summed E-state index contributed by atoms with van der Waals surface area (Å²) in [5.41, 5.74) is 0. The van der Waals surface area contributed by atoms with E-state index in [4.69, 9.17) is 6.42 Å². The lowest BCUT2D eigenvalue weighted by Gasteiger charge is -1.94. The van der Waals surface area contributed by atoms with Gasteiger partial charge in [-0.05, 0) is 13.3 Å². The van der Waals surface area contributed by atoms with E-state index < -0.39 is 6.17 Å². The minimum absolute atomic E-state index is 0.0806. The van der Waals surface area contributed by atoms with Gasteiger partial charge in [-0.25, -0.2) is 4.39 Å². The van der Waals surface area contributed by atoms with Crippen LogP contribution < -0.4 is 0 Å². The summed E-state index contributed by atoms with van der Waals surface area (Å²) in [6, 6.07) is 0. The van der Waals surface area contributed by atoms with Crippen LogP contribution in [0.1, 0.15) is 26.7 Å². The van der Waals surface area contributed by atoms with Crippen molar-refractivity contribution in [2.24, 2.45) is 5.92 Å². The predicted octanol–water partition coefficient (Wildman–Crippen LogP) is 2.95. The second kappa shape index (κ2) is 7.44. The minimum atomic E-state index is -1.18. The van der Waals surface area contributed by atoms with Gasteiger partial charge in [0.05, 0.1) is 6.42 Å². The normalized spacial score (nSPS) is 14.3. The molecule has 13 heavy (non-hydrogen) atoms. The molecule has 70 valence electrons. The first kappa shape index (κ1) is 11.8. The van der Waals surface area contributed by atoms with Crippen LogP contribution in [0.4, 0.5) is 4.39 Å². The number of halogens is 1. The molecule has 0 aromatic carbocycles. The summed E-state index contributed by atoms with van der Waals surface area (Å²) in [5, 5.41) is 0. The first-order valence-corrected chi connectivity index (χ1v) is 4.46. The largest absolute Gasteiger partial charge is 0.232 e. The SMILES string of the molecule is C#CCC(F)C#CC(C)/C=C\CC. The molecule has 0 aliphatic carbocycles. The highest BCUT2D eigenvalue weighted by Crippen LogP contribution is 1.98. The monoisotopic (exact) mass is 178 g/mol. The zero-order valence-corrected chi connectivity index (χ0v) is 8.18. The quantitative estimate of drug-likeness (QED) is 0.460. The molecule has 0 aromatic rings. The van der Waals surface area contributed by atoms with Gasteiger partial charge in [-0.3, -0.25) is 0 Å². The van der Waals surface area contributed by atoms with E-state index in [0.29, 0.717) is 0 Å². The molecule has 0 heterocycles. The van der Waals surface area contributed by atoms with Crippen LogP contribution in [-0.2, 0) is 0 Å². The van der Waals surface area contributed by atoms with E-state index in [1.54, 1.807) is 0 Å². The van der Waals surface area contributed by atoms with Crippen LogP contribution in [-0.4, -0.2) is 6.17 Å². The van der Waals surface area contributed by atoms with Gasteiger partial charge in [-0.1, -0.05) is 30.9 Å². The number of hydrogen-bond donors (Lipinski definition) is 0. The van der Waals surface area contributed by atoms with Crippen molar-refractivity contribution in [2.75, 3.05) is 0 Å². The van der Waals surface area contributed by atoms with E-state index in [9.17, 15) is 4.39 Å². The van der Waals surface area contributed by atoms with Gasteiger partial charge >= 0.3 is 0 Å². The highest BCUT2D eigenvalue weighted by Gasteiger charge is 1.97. The Labute approximate surface area is 80.2 Å². The molecule has 0 radical (unpaired) electrons. The van der Waals surface area contributed by atoms with Gasteiger partial charge in [-0.2, -0.15) is 0 Å². The van der Waals surface area contributed by atoms with Crippen LogP contribution in [0.2, 0.25) is 0 Å². The molecule has 0 spiro atoms. The van der Waals surface area contributed by atoms with E-state index in [1.807, 2.05) is 26.0 Å². The first-order valence-electron chi connectivity index (χ1n) is 4.46. The molecule has 0 amide bonds. The van der Waals surface area contributed by atoms with Gasteiger partial charge in [-0.15, -0.1) is 12.3 Å². The molecule has 0 bridgehead atoms. The summed E-state index contributed by atoms with van der Waals surface area (Å²) in [6.07, 6.45) is 8.82. The highest BCUT2D eigenvalue weighted by molar-refractivity contribution is 5.14.